The third-order valence-electron chi connectivity index (χ3n) is 4.23. The molecule has 0 saturated heterocycles. The van der Waals surface area contributed by atoms with Crippen molar-refractivity contribution in [2.24, 2.45) is 0 Å². The van der Waals surface area contributed by atoms with Crippen molar-refractivity contribution < 1.29 is 12.8 Å². The first-order valence-electron chi connectivity index (χ1n) is 7.70. The summed E-state index contributed by atoms with van der Waals surface area (Å²) in [5, 5.41) is 1.08. The Bertz CT molecular complexity index is 986. The molecule has 128 valence electrons. The number of aromatic nitrogens is 2. The summed E-state index contributed by atoms with van der Waals surface area (Å²) in [4.78, 5) is 4.41. The Balaban J connectivity index is 1.94. The largest absolute Gasteiger partial charge is 0.453 e. The minimum atomic E-state index is -3.19. The maximum Gasteiger partial charge on any atom is 0.211 e. The van der Waals surface area contributed by atoms with Crippen LogP contribution >= 0.6 is 0 Å². The van der Waals surface area contributed by atoms with Crippen LogP contribution in [-0.4, -0.2) is 42.1 Å². The van der Waals surface area contributed by atoms with E-state index in [9.17, 15) is 8.42 Å². The molecule has 3 aromatic rings. The molecule has 0 spiro atoms. The lowest BCUT2D eigenvalue weighted by Crippen LogP contribution is -2.29. The number of sulfonamides is 1. The fraction of sp³-hybridized carbons (Fsp3) is 0.353. The maximum atomic E-state index is 11.5. The zero-order chi connectivity index (χ0) is 17.5. The van der Waals surface area contributed by atoms with Crippen molar-refractivity contribution in [2.75, 3.05) is 19.8 Å². The van der Waals surface area contributed by atoms with Crippen LogP contribution < -0.4 is 0 Å². The number of furan rings is 1. The van der Waals surface area contributed by atoms with E-state index >= 15 is 0 Å². The second-order valence-corrected chi connectivity index (χ2v) is 8.17. The average Bonchev–Trinajstić information content (AvgIpc) is 3.09. The van der Waals surface area contributed by atoms with Gasteiger partial charge in [0.1, 0.15) is 5.58 Å². The van der Waals surface area contributed by atoms with E-state index in [0.717, 1.165) is 22.3 Å². The van der Waals surface area contributed by atoms with E-state index in [-0.39, 0.29) is 0 Å². The second kappa shape index (κ2) is 6.07. The van der Waals surface area contributed by atoms with Crippen molar-refractivity contribution >= 4 is 21.0 Å². The average molecular weight is 347 g/mol. The lowest BCUT2D eigenvalue weighted by atomic mass is 10.1. The first-order valence-corrected chi connectivity index (χ1v) is 9.55. The lowest BCUT2D eigenvalue weighted by Gasteiger charge is -2.15. The summed E-state index contributed by atoms with van der Waals surface area (Å²) in [7, 11) is -1.62. The Labute approximate surface area is 141 Å². The number of fused-ring (bicyclic) bond motifs is 1. The van der Waals surface area contributed by atoms with Gasteiger partial charge >= 0.3 is 0 Å². The minimum absolute atomic E-state index is 0.376. The first-order chi connectivity index (χ1) is 11.3. The number of rotatable bonds is 5. The summed E-state index contributed by atoms with van der Waals surface area (Å²) in [6.07, 6.45) is 4.74. The highest BCUT2D eigenvalue weighted by atomic mass is 32.2. The van der Waals surface area contributed by atoms with Crippen LogP contribution in [0.1, 0.15) is 11.1 Å². The van der Waals surface area contributed by atoms with Crippen LogP contribution in [0.5, 0.6) is 0 Å². The molecule has 0 aliphatic heterocycles. The smallest absolute Gasteiger partial charge is 0.211 e. The monoisotopic (exact) mass is 347 g/mol. The van der Waals surface area contributed by atoms with E-state index < -0.39 is 10.0 Å². The van der Waals surface area contributed by atoms with E-state index in [4.69, 9.17) is 4.42 Å². The van der Waals surface area contributed by atoms with Crippen LogP contribution in [0.2, 0.25) is 0 Å². The zero-order valence-electron chi connectivity index (χ0n) is 14.3. The van der Waals surface area contributed by atoms with Gasteiger partial charge in [-0.25, -0.2) is 17.7 Å². The quantitative estimate of drug-likeness (QED) is 0.712. The molecule has 0 fully saturated rings. The molecule has 0 N–H and O–H groups in total. The highest BCUT2D eigenvalue weighted by Gasteiger charge is 2.18. The Hall–Kier alpha value is -2.12. The number of imidazole rings is 1. The minimum Gasteiger partial charge on any atom is -0.453 e. The van der Waals surface area contributed by atoms with Gasteiger partial charge in [0.15, 0.2) is 11.6 Å². The SMILES string of the molecule is Cc1ccc2oc(-c3nccn3CCN(C)S(C)(=O)=O)c(C)c2c1. The molecule has 2 aromatic heterocycles. The summed E-state index contributed by atoms with van der Waals surface area (Å²) in [5.41, 5.74) is 3.05. The molecular formula is C17H21N3O3S. The van der Waals surface area contributed by atoms with Crippen molar-refractivity contribution in [3.63, 3.8) is 0 Å². The second-order valence-electron chi connectivity index (χ2n) is 6.08. The van der Waals surface area contributed by atoms with Crippen molar-refractivity contribution in [1.29, 1.82) is 0 Å². The number of nitrogens with zero attached hydrogens (tertiary/aromatic N) is 3. The predicted octanol–water partition coefficient (Wildman–Crippen LogP) is 2.80. The molecule has 0 radical (unpaired) electrons. The number of benzene rings is 1. The maximum absolute atomic E-state index is 11.5. The summed E-state index contributed by atoms with van der Waals surface area (Å²) < 4.78 is 32.3. The van der Waals surface area contributed by atoms with Crippen LogP contribution in [0.3, 0.4) is 0 Å². The molecule has 0 saturated carbocycles. The van der Waals surface area contributed by atoms with E-state index in [1.807, 2.05) is 36.7 Å². The zero-order valence-corrected chi connectivity index (χ0v) is 15.1. The summed E-state index contributed by atoms with van der Waals surface area (Å²) in [6, 6.07) is 6.08. The molecule has 0 bridgehead atoms. The van der Waals surface area contributed by atoms with Crippen LogP contribution in [0.15, 0.2) is 35.0 Å². The van der Waals surface area contributed by atoms with Gasteiger partial charge in [-0.15, -0.1) is 0 Å². The summed E-state index contributed by atoms with van der Waals surface area (Å²) >= 11 is 0. The molecule has 3 rings (SSSR count). The van der Waals surface area contributed by atoms with Gasteiger partial charge < -0.3 is 8.98 Å². The Kier molecular flexibility index (Phi) is 4.23. The van der Waals surface area contributed by atoms with Gasteiger partial charge in [-0.1, -0.05) is 11.6 Å². The topological polar surface area (TPSA) is 68.3 Å². The van der Waals surface area contributed by atoms with Crippen LogP contribution in [-0.2, 0) is 16.6 Å². The summed E-state index contributed by atoms with van der Waals surface area (Å²) in [6.45, 7) is 4.95. The van der Waals surface area contributed by atoms with Gasteiger partial charge in [-0.3, -0.25) is 0 Å². The number of hydrogen-bond acceptors (Lipinski definition) is 4. The van der Waals surface area contributed by atoms with Gasteiger partial charge in [0.05, 0.1) is 6.26 Å². The van der Waals surface area contributed by atoms with Crippen molar-refractivity contribution in [3.8, 4) is 11.6 Å². The molecule has 0 unspecified atom stereocenters. The lowest BCUT2D eigenvalue weighted by molar-refractivity contribution is 0.449. The van der Waals surface area contributed by atoms with Gasteiger partial charge in [-0.05, 0) is 26.0 Å². The first kappa shape index (κ1) is 16.7. The van der Waals surface area contributed by atoms with Crippen LogP contribution in [0.25, 0.3) is 22.6 Å². The van der Waals surface area contributed by atoms with E-state index in [1.165, 1.54) is 16.1 Å². The molecule has 6 nitrogen and oxygen atoms in total. The Morgan fingerprint density at radius 1 is 1.29 bits per heavy atom. The third-order valence-corrected chi connectivity index (χ3v) is 5.55. The summed E-state index contributed by atoms with van der Waals surface area (Å²) in [5.74, 6) is 1.44. The standard InChI is InChI=1S/C17H21N3O3S/c1-12-5-6-15-14(11-12)13(2)16(23-15)17-18-7-8-20(17)10-9-19(3)24(4,21)22/h5-8,11H,9-10H2,1-4H3. The molecule has 1 aromatic carbocycles. The van der Waals surface area contributed by atoms with E-state index in [0.29, 0.717) is 18.9 Å². The number of hydrogen-bond donors (Lipinski definition) is 0. The van der Waals surface area contributed by atoms with Crippen molar-refractivity contribution in [1.82, 2.24) is 13.9 Å². The normalized spacial score (nSPS) is 12.4. The molecule has 0 atom stereocenters. The van der Waals surface area contributed by atoms with Crippen molar-refractivity contribution in [2.45, 2.75) is 20.4 Å². The fourth-order valence-electron chi connectivity index (χ4n) is 2.66. The Morgan fingerprint density at radius 3 is 2.75 bits per heavy atom. The fourth-order valence-corrected chi connectivity index (χ4v) is 3.07. The van der Waals surface area contributed by atoms with Crippen molar-refractivity contribution in [3.05, 3.63) is 41.7 Å². The molecule has 0 aliphatic rings. The number of aryl methyl sites for hydroxylation is 2. The van der Waals surface area contributed by atoms with E-state index in [1.54, 1.807) is 13.2 Å². The molecule has 0 aliphatic carbocycles. The van der Waals surface area contributed by atoms with Gasteiger partial charge in [-0.2, -0.15) is 0 Å². The van der Waals surface area contributed by atoms with Gasteiger partial charge in [0, 0.05) is 43.5 Å². The highest BCUT2D eigenvalue weighted by molar-refractivity contribution is 7.88. The van der Waals surface area contributed by atoms with Crippen LogP contribution in [0.4, 0.5) is 0 Å². The van der Waals surface area contributed by atoms with E-state index in [2.05, 4.69) is 11.1 Å². The molecule has 7 heteroatoms. The van der Waals surface area contributed by atoms with Gasteiger partial charge in [0.25, 0.3) is 0 Å². The molecule has 2 heterocycles. The molecule has 0 amide bonds. The highest BCUT2D eigenvalue weighted by Crippen LogP contribution is 2.32. The van der Waals surface area contributed by atoms with Crippen LogP contribution in [0, 0.1) is 13.8 Å². The molecule has 24 heavy (non-hydrogen) atoms. The Morgan fingerprint density at radius 2 is 2.04 bits per heavy atom. The van der Waals surface area contributed by atoms with Gasteiger partial charge in [0.2, 0.25) is 10.0 Å². The number of likely N-dealkylation sites (N-methyl/N-ethyl adjacent to an activating group) is 1. The third kappa shape index (κ3) is 3.09. The molecular weight excluding hydrogens is 326 g/mol. The predicted molar refractivity (Wildman–Crippen MR) is 94.4 cm³/mol.